The molecule has 2 rings (SSSR count). The van der Waals surface area contributed by atoms with Crippen molar-refractivity contribution in [1.82, 2.24) is 0 Å². The summed E-state index contributed by atoms with van der Waals surface area (Å²) in [5, 5.41) is 15.9. The highest BCUT2D eigenvalue weighted by Crippen LogP contribution is 2.21. The lowest BCUT2D eigenvalue weighted by Gasteiger charge is -2.21. The molecule has 0 aliphatic heterocycles. The van der Waals surface area contributed by atoms with Crippen LogP contribution in [-0.2, 0) is 28.7 Å². The van der Waals surface area contributed by atoms with Gasteiger partial charge in [-0.3, -0.25) is 9.59 Å². The van der Waals surface area contributed by atoms with Crippen LogP contribution in [0.3, 0.4) is 0 Å². The fourth-order valence-corrected chi connectivity index (χ4v) is 3.01. The molecule has 0 atom stereocenters. The van der Waals surface area contributed by atoms with E-state index >= 15 is 0 Å². The molecule has 0 saturated heterocycles. The van der Waals surface area contributed by atoms with Crippen LogP contribution in [0.5, 0.6) is 0 Å². The number of carboxylic acid groups (broad SMARTS) is 2. The summed E-state index contributed by atoms with van der Waals surface area (Å²) in [6.07, 6.45) is 13.1. The molecule has 0 unspecified atom stereocenters. The molecule has 0 aromatic heterocycles. The number of carbonyl (C=O) groups excluding carboxylic acids is 2. The van der Waals surface area contributed by atoms with Crippen molar-refractivity contribution in [1.29, 1.82) is 0 Å². The SMILES string of the molecule is CC(C(=O)O)C(=O)O.O=C(/C=C\C(=O)OC1CCCCC1)OC1CCCCC1. The van der Waals surface area contributed by atoms with Gasteiger partial charge < -0.3 is 19.7 Å². The highest BCUT2D eigenvalue weighted by atomic mass is 16.5. The van der Waals surface area contributed by atoms with Crippen molar-refractivity contribution < 1.29 is 38.9 Å². The van der Waals surface area contributed by atoms with E-state index in [1.807, 2.05) is 0 Å². The largest absolute Gasteiger partial charge is 0.481 e. The number of hydrogen-bond donors (Lipinski definition) is 2. The number of ether oxygens (including phenoxy) is 2. The van der Waals surface area contributed by atoms with Gasteiger partial charge in [-0.05, 0) is 58.3 Å². The van der Waals surface area contributed by atoms with Crippen LogP contribution >= 0.6 is 0 Å². The third kappa shape index (κ3) is 10.1. The number of aliphatic carboxylic acids is 2. The zero-order valence-corrected chi connectivity index (χ0v) is 16.3. The predicted molar refractivity (Wildman–Crippen MR) is 99.5 cm³/mol. The van der Waals surface area contributed by atoms with Gasteiger partial charge in [-0.1, -0.05) is 12.8 Å². The van der Waals surface area contributed by atoms with Crippen molar-refractivity contribution in [3.05, 3.63) is 12.2 Å². The fourth-order valence-electron chi connectivity index (χ4n) is 3.01. The molecule has 2 aliphatic carbocycles. The minimum Gasteiger partial charge on any atom is -0.481 e. The zero-order valence-electron chi connectivity index (χ0n) is 16.3. The number of esters is 2. The molecule has 0 amide bonds. The van der Waals surface area contributed by atoms with E-state index in [1.165, 1.54) is 25.0 Å². The summed E-state index contributed by atoms with van der Waals surface area (Å²) < 4.78 is 10.6. The molecular formula is C20H30O8. The molecule has 0 aromatic rings. The zero-order chi connectivity index (χ0) is 20.9. The summed E-state index contributed by atoms with van der Waals surface area (Å²) in [5.74, 6) is -4.78. The Balaban J connectivity index is 0.000000416. The summed E-state index contributed by atoms with van der Waals surface area (Å²) in [5.41, 5.74) is 0. The van der Waals surface area contributed by atoms with Crippen LogP contribution in [0.1, 0.15) is 71.1 Å². The molecular weight excluding hydrogens is 368 g/mol. The van der Waals surface area contributed by atoms with Gasteiger partial charge in [0.25, 0.3) is 0 Å². The van der Waals surface area contributed by atoms with E-state index < -0.39 is 29.8 Å². The number of rotatable bonds is 6. The van der Waals surface area contributed by atoms with Crippen LogP contribution < -0.4 is 0 Å². The first-order valence-corrected chi connectivity index (χ1v) is 9.84. The van der Waals surface area contributed by atoms with Crippen LogP contribution in [-0.4, -0.2) is 46.3 Å². The van der Waals surface area contributed by atoms with Gasteiger partial charge in [0.2, 0.25) is 0 Å². The lowest BCUT2D eigenvalue weighted by molar-refractivity contribution is -0.153. The quantitative estimate of drug-likeness (QED) is 0.397. The monoisotopic (exact) mass is 398 g/mol. The van der Waals surface area contributed by atoms with Crippen LogP contribution in [0, 0.1) is 5.92 Å². The molecule has 2 aliphatic rings. The van der Waals surface area contributed by atoms with Crippen molar-refractivity contribution >= 4 is 23.9 Å². The average Bonchev–Trinajstić information content (AvgIpc) is 2.67. The summed E-state index contributed by atoms with van der Waals surface area (Å²) >= 11 is 0. The molecule has 0 aromatic carbocycles. The molecule has 8 nitrogen and oxygen atoms in total. The Morgan fingerprint density at radius 2 is 1.04 bits per heavy atom. The smallest absolute Gasteiger partial charge is 0.331 e. The molecule has 0 heterocycles. The van der Waals surface area contributed by atoms with Crippen LogP contribution in [0.15, 0.2) is 12.2 Å². The Kier molecular flexibility index (Phi) is 10.9. The van der Waals surface area contributed by atoms with Crippen molar-refractivity contribution in [3.8, 4) is 0 Å². The summed E-state index contributed by atoms with van der Waals surface area (Å²) in [6.45, 7) is 1.12. The normalized spacial score (nSPS) is 18.2. The van der Waals surface area contributed by atoms with Crippen molar-refractivity contribution in [2.45, 2.75) is 83.3 Å². The molecule has 158 valence electrons. The predicted octanol–water partition coefficient (Wildman–Crippen LogP) is 3.09. The maximum Gasteiger partial charge on any atom is 0.331 e. The second-order valence-corrected chi connectivity index (χ2v) is 7.13. The first-order valence-electron chi connectivity index (χ1n) is 9.84. The lowest BCUT2D eigenvalue weighted by Crippen LogP contribution is -2.21. The Morgan fingerprint density at radius 3 is 1.29 bits per heavy atom. The molecule has 28 heavy (non-hydrogen) atoms. The lowest BCUT2D eigenvalue weighted by atomic mass is 9.98. The Bertz CT molecular complexity index is 509. The van der Waals surface area contributed by atoms with Crippen LogP contribution in [0.2, 0.25) is 0 Å². The highest BCUT2D eigenvalue weighted by Gasteiger charge is 2.19. The van der Waals surface area contributed by atoms with Gasteiger partial charge in [0, 0.05) is 12.2 Å². The standard InChI is InChI=1S/C16H24O4.C4H6O4/c17-15(19-13-7-3-1-4-8-13)11-12-16(18)20-14-9-5-2-6-10-14;1-2(3(5)6)4(7)8/h11-14H,1-10H2;2H,1H3,(H,5,6)(H,7,8)/b12-11-;. The topological polar surface area (TPSA) is 127 Å². The van der Waals surface area contributed by atoms with Gasteiger partial charge >= 0.3 is 23.9 Å². The van der Waals surface area contributed by atoms with Gasteiger partial charge in [0.05, 0.1) is 0 Å². The van der Waals surface area contributed by atoms with Gasteiger partial charge in [0.15, 0.2) is 5.92 Å². The minimum atomic E-state index is -1.31. The summed E-state index contributed by atoms with van der Waals surface area (Å²) in [7, 11) is 0. The third-order valence-electron chi connectivity index (χ3n) is 4.77. The molecule has 2 N–H and O–H groups in total. The van der Waals surface area contributed by atoms with E-state index in [4.69, 9.17) is 19.7 Å². The van der Waals surface area contributed by atoms with Crippen LogP contribution in [0.25, 0.3) is 0 Å². The summed E-state index contributed by atoms with van der Waals surface area (Å²) in [6, 6.07) is 0. The summed E-state index contributed by atoms with van der Waals surface area (Å²) in [4.78, 5) is 42.7. The molecule has 2 fully saturated rings. The molecule has 2 saturated carbocycles. The number of hydrogen-bond acceptors (Lipinski definition) is 6. The van der Waals surface area contributed by atoms with E-state index in [1.54, 1.807) is 0 Å². The van der Waals surface area contributed by atoms with Gasteiger partial charge in [-0.25, -0.2) is 9.59 Å². The van der Waals surface area contributed by atoms with E-state index in [2.05, 4.69) is 0 Å². The van der Waals surface area contributed by atoms with Gasteiger partial charge in [-0.15, -0.1) is 0 Å². The first-order chi connectivity index (χ1) is 13.3. The molecule has 0 spiro atoms. The van der Waals surface area contributed by atoms with Crippen molar-refractivity contribution in [2.24, 2.45) is 5.92 Å². The molecule has 0 radical (unpaired) electrons. The first kappa shape index (κ1) is 23.7. The number of carbonyl (C=O) groups is 4. The Hall–Kier alpha value is -2.38. The maximum absolute atomic E-state index is 11.6. The Labute approximate surface area is 164 Å². The van der Waals surface area contributed by atoms with Crippen molar-refractivity contribution in [3.63, 3.8) is 0 Å². The second kappa shape index (κ2) is 12.9. The van der Waals surface area contributed by atoms with E-state index in [-0.39, 0.29) is 12.2 Å². The third-order valence-corrected chi connectivity index (χ3v) is 4.77. The molecule has 8 heteroatoms. The molecule has 0 bridgehead atoms. The fraction of sp³-hybridized carbons (Fsp3) is 0.700. The van der Waals surface area contributed by atoms with E-state index in [9.17, 15) is 19.2 Å². The van der Waals surface area contributed by atoms with Gasteiger partial charge in [0.1, 0.15) is 12.2 Å². The maximum atomic E-state index is 11.6. The van der Waals surface area contributed by atoms with E-state index in [0.717, 1.165) is 58.3 Å². The highest BCUT2D eigenvalue weighted by molar-refractivity contribution is 5.92. The Morgan fingerprint density at radius 1 is 0.714 bits per heavy atom. The second-order valence-electron chi connectivity index (χ2n) is 7.13. The number of carboxylic acids is 2. The minimum absolute atomic E-state index is 0.0234. The average molecular weight is 398 g/mol. The van der Waals surface area contributed by atoms with Gasteiger partial charge in [-0.2, -0.15) is 0 Å². The van der Waals surface area contributed by atoms with E-state index in [0.29, 0.717) is 0 Å². The van der Waals surface area contributed by atoms with Crippen LogP contribution in [0.4, 0.5) is 0 Å². The van der Waals surface area contributed by atoms with Crippen molar-refractivity contribution in [2.75, 3.05) is 0 Å².